The molecule has 0 amide bonds. The minimum absolute atomic E-state index is 0.110. The normalized spacial score (nSPS) is 40.7. The van der Waals surface area contributed by atoms with Gasteiger partial charge in [0.15, 0.2) is 0 Å². The first-order valence-electron chi connectivity index (χ1n) is 9.05. The Labute approximate surface area is 129 Å². The van der Waals surface area contributed by atoms with Crippen LogP contribution in [0.15, 0.2) is 0 Å². The summed E-state index contributed by atoms with van der Waals surface area (Å²) in [4.78, 5) is 0. The van der Waals surface area contributed by atoms with Crippen LogP contribution in [-0.2, 0) is 9.47 Å². The maximum absolute atomic E-state index is 11.1. The fraction of sp³-hybridized carbons (Fsp3) is 1.00. The first-order chi connectivity index (χ1) is 10.1. The van der Waals surface area contributed by atoms with Crippen LogP contribution < -0.4 is 0 Å². The summed E-state index contributed by atoms with van der Waals surface area (Å²) in [5.74, 6) is 1.14. The summed E-state index contributed by atoms with van der Waals surface area (Å²) in [5, 5.41) is 11.1. The zero-order valence-electron chi connectivity index (χ0n) is 13.8. The molecular weight excluding hydrogens is 264 g/mol. The van der Waals surface area contributed by atoms with Crippen LogP contribution in [0, 0.1) is 11.8 Å². The Kier molecular flexibility index (Phi) is 4.63. The van der Waals surface area contributed by atoms with Crippen molar-refractivity contribution >= 4 is 0 Å². The highest BCUT2D eigenvalue weighted by Crippen LogP contribution is 2.48. The SMILES string of the molecule is CCOC1(C(O)C2CCOC3(CCC3)C2)CCC(C)CC1. The third-order valence-electron chi connectivity index (χ3n) is 6.33. The lowest BCUT2D eigenvalue weighted by molar-refractivity contribution is -0.201. The lowest BCUT2D eigenvalue weighted by Crippen LogP contribution is -2.55. The lowest BCUT2D eigenvalue weighted by Gasteiger charge is -2.51. The molecule has 2 unspecified atom stereocenters. The summed E-state index contributed by atoms with van der Waals surface area (Å²) in [6.45, 7) is 5.91. The molecule has 3 aliphatic rings. The molecule has 0 aromatic heterocycles. The molecule has 3 fully saturated rings. The molecule has 1 saturated heterocycles. The molecule has 21 heavy (non-hydrogen) atoms. The first kappa shape index (κ1) is 15.8. The highest BCUT2D eigenvalue weighted by molar-refractivity contribution is 5.01. The van der Waals surface area contributed by atoms with Crippen LogP contribution in [-0.4, -0.2) is 35.6 Å². The van der Waals surface area contributed by atoms with Gasteiger partial charge in [0.05, 0.1) is 17.3 Å². The molecule has 0 aromatic rings. The van der Waals surface area contributed by atoms with Crippen molar-refractivity contribution in [2.24, 2.45) is 11.8 Å². The Morgan fingerprint density at radius 2 is 1.90 bits per heavy atom. The standard InChI is InChI=1S/C18H32O3/c1-3-20-18(10-5-14(2)6-11-18)16(19)15-7-12-21-17(13-15)8-4-9-17/h14-16,19H,3-13H2,1-2H3. The van der Waals surface area contributed by atoms with Gasteiger partial charge in [0, 0.05) is 13.2 Å². The molecule has 3 heteroatoms. The van der Waals surface area contributed by atoms with E-state index in [0.717, 1.165) is 38.2 Å². The van der Waals surface area contributed by atoms with Gasteiger partial charge in [-0.15, -0.1) is 0 Å². The second kappa shape index (κ2) is 6.17. The molecule has 122 valence electrons. The van der Waals surface area contributed by atoms with E-state index in [1.165, 1.54) is 32.1 Å². The maximum Gasteiger partial charge on any atom is 0.0942 e. The smallest absolute Gasteiger partial charge is 0.0942 e. The summed E-state index contributed by atoms with van der Waals surface area (Å²) in [7, 11) is 0. The summed E-state index contributed by atoms with van der Waals surface area (Å²) < 4.78 is 12.2. The topological polar surface area (TPSA) is 38.7 Å². The van der Waals surface area contributed by atoms with Gasteiger partial charge in [-0.25, -0.2) is 0 Å². The Balaban J connectivity index is 1.69. The van der Waals surface area contributed by atoms with E-state index in [2.05, 4.69) is 13.8 Å². The summed E-state index contributed by atoms with van der Waals surface area (Å²) in [6, 6.07) is 0. The lowest BCUT2D eigenvalue weighted by atomic mass is 9.66. The van der Waals surface area contributed by atoms with Crippen molar-refractivity contribution in [3.8, 4) is 0 Å². The van der Waals surface area contributed by atoms with Crippen molar-refractivity contribution < 1.29 is 14.6 Å². The molecular formula is C18H32O3. The molecule has 0 aromatic carbocycles. The van der Waals surface area contributed by atoms with Crippen LogP contribution in [0.3, 0.4) is 0 Å². The van der Waals surface area contributed by atoms with E-state index < -0.39 is 0 Å². The van der Waals surface area contributed by atoms with Crippen molar-refractivity contribution in [1.82, 2.24) is 0 Å². The average Bonchev–Trinajstić information content (AvgIpc) is 2.48. The van der Waals surface area contributed by atoms with E-state index in [4.69, 9.17) is 9.47 Å². The van der Waals surface area contributed by atoms with Gasteiger partial charge in [-0.2, -0.15) is 0 Å². The summed E-state index contributed by atoms with van der Waals surface area (Å²) >= 11 is 0. The molecule has 2 aliphatic carbocycles. The van der Waals surface area contributed by atoms with Crippen LogP contribution in [0.4, 0.5) is 0 Å². The van der Waals surface area contributed by atoms with Crippen molar-refractivity contribution in [2.75, 3.05) is 13.2 Å². The zero-order valence-corrected chi connectivity index (χ0v) is 13.8. The zero-order chi connectivity index (χ0) is 14.9. The van der Waals surface area contributed by atoms with E-state index in [0.29, 0.717) is 12.5 Å². The van der Waals surface area contributed by atoms with E-state index in [9.17, 15) is 5.11 Å². The highest BCUT2D eigenvalue weighted by atomic mass is 16.5. The second-order valence-corrected chi connectivity index (χ2v) is 7.76. The third kappa shape index (κ3) is 3.02. The van der Waals surface area contributed by atoms with Crippen molar-refractivity contribution in [3.05, 3.63) is 0 Å². The van der Waals surface area contributed by atoms with Gasteiger partial charge in [0.1, 0.15) is 0 Å². The molecule has 2 saturated carbocycles. The molecule has 3 nitrogen and oxygen atoms in total. The molecule has 0 bridgehead atoms. The van der Waals surface area contributed by atoms with Crippen LogP contribution in [0.25, 0.3) is 0 Å². The van der Waals surface area contributed by atoms with Gasteiger partial charge in [-0.05, 0) is 76.5 Å². The van der Waals surface area contributed by atoms with Gasteiger partial charge >= 0.3 is 0 Å². The molecule has 3 rings (SSSR count). The minimum Gasteiger partial charge on any atom is -0.390 e. The molecule has 1 aliphatic heterocycles. The minimum atomic E-state index is -0.314. The predicted molar refractivity (Wildman–Crippen MR) is 83.3 cm³/mol. The Hall–Kier alpha value is -0.120. The highest BCUT2D eigenvalue weighted by Gasteiger charge is 2.50. The number of aliphatic hydroxyl groups excluding tert-OH is 1. The fourth-order valence-corrected chi connectivity index (χ4v) is 4.75. The van der Waals surface area contributed by atoms with E-state index in [1.54, 1.807) is 0 Å². The van der Waals surface area contributed by atoms with E-state index in [1.807, 2.05) is 0 Å². The molecule has 1 heterocycles. The number of hydrogen-bond acceptors (Lipinski definition) is 3. The van der Waals surface area contributed by atoms with Crippen molar-refractivity contribution in [1.29, 1.82) is 0 Å². The summed E-state index contributed by atoms with van der Waals surface area (Å²) in [6.07, 6.45) is 9.80. The van der Waals surface area contributed by atoms with Crippen LogP contribution >= 0.6 is 0 Å². The van der Waals surface area contributed by atoms with Crippen LogP contribution in [0.1, 0.15) is 71.6 Å². The Morgan fingerprint density at radius 1 is 1.19 bits per heavy atom. The van der Waals surface area contributed by atoms with Crippen LogP contribution in [0.2, 0.25) is 0 Å². The second-order valence-electron chi connectivity index (χ2n) is 7.76. The monoisotopic (exact) mass is 296 g/mol. The third-order valence-corrected chi connectivity index (χ3v) is 6.33. The van der Waals surface area contributed by atoms with Crippen molar-refractivity contribution in [3.63, 3.8) is 0 Å². The maximum atomic E-state index is 11.1. The van der Waals surface area contributed by atoms with Gasteiger partial charge < -0.3 is 14.6 Å². The van der Waals surface area contributed by atoms with Gasteiger partial charge in [-0.3, -0.25) is 0 Å². The quantitative estimate of drug-likeness (QED) is 0.860. The molecule has 2 atom stereocenters. The summed E-state index contributed by atoms with van der Waals surface area (Å²) in [5.41, 5.74) is -0.173. The number of rotatable bonds is 4. The van der Waals surface area contributed by atoms with Gasteiger partial charge in [0.2, 0.25) is 0 Å². The Morgan fingerprint density at radius 3 is 2.48 bits per heavy atom. The molecule has 0 radical (unpaired) electrons. The fourth-order valence-electron chi connectivity index (χ4n) is 4.75. The number of aliphatic hydroxyl groups is 1. The van der Waals surface area contributed by atoms with Gasteiger partial charge in [-0.1, -0.05) is 6.92 Å². The van der Waals surface area contributed by atoms with Gasteiger partial charge in [0.25, 0.3) is 0 Å². The molecule has 1 spiro atoms. The van der Waals surface area contributed by atoms with Crippen LogP contribution in [0.5, 0.6) is 0 Å². The predicted octanol–water partition coefficient (Wildman–Crippen LogP) is 3.68. The van der Waals surface area contributed by atoms with E-state index in [-0.39, 0.29) is 17.3 Å². The van der Waals surface area contributed by atoms with Crippen molar-refractivity contribution in [2.45, 2.75) is 88.9 Å². The number of ether oxygens (including phenoxy) is 2. The van der Waals surface area contributed by atoms with E-state index >= 15 is 0 Å². The Bertz CT molecular complexity index is 342. The molecule has 1 N–H and O–H groups in total. The first-order valence-corrected chi connectivity index (χ1v) is 9.05. The number of hydrogen-bond donors (Lipinski definition) is 1. The largest absolute Gasteiger partial charge is 0.390 e. The average molecular weight is 296 g/mol.